The fourth-order valence-electron chi connectivity index (χ4n) is 4.74. The summed E-state index contributed by atoms with van der Waals surface area (Å²) in [6, 6.07) is 16.4. The Bertz CT molecular complexity index is 1280. The molecule has 1 aromatic carbocycles. The maximum Gasteiger partial charge on any atom is 0.270 e. The Balaban J connectivity index is 1.21. The molecule has 4 aromatic rings. The molecular formula is C27H28ClN5O. The molecule has 1 N–H and O–H groups in total. The van der Waals surface area contributed by atoms with Gasteiger partial charge in [0, 0.05) is 32.0 Å². The number of piperidine rings is 1. The van der Waals surface area contributed by atoms with E-state index in [1.165, 1.54) is 11.3 Å². The van der Waals surface area contributed by atoms with E-state index in [4.69, 9.17) is 11.6 Å². The van der Waals surface area contributed by atoms with Gasteiger partial charge < -0.3 is 10.2 Å². The number of anilines is 1. The fourth-order valence-corrected chi connectivity index (χ4v) is 4.90. The zero-order valence-electron chi connectivity index (χ0n) is 19.2. The van der Waals surface area contributed by atoms with E-state index in [0.29, 0.717) is 29.6 Å². The van der Waals surface area contributed by atoms with Gasteiger partial charge in [0.2, 0.25) is 0 Å². The second-order valence-corrected chi connectivity index (χ2v) is 9.17. The predicted octanol–water partition coefficient (Wildman–Crippen LogP) is 5.26. The number of carbonyl (C=O) groups is 1. The van der Waals surface area contributed by atoms with E-state index in [-0.39, 0.29) is 5.91 Å². The first-order valence-electron chi connectivity index (χ1n) is 11.8. The number of imidazole rings is 1. The van der Waals surface area contributed by atoms with Crippen LogP contribution in [0.3, 0.4) is 0 Å². The van der Waals surface area contributed by atoms with Crippen LogP contribution in [-0.2, 0) is 13.0 Å². The summed E-state index contributed by atoms with van der Waals surface area (Å²) in [5.74, 6) is 0.421. The lowest BCUT2D eigenvalue weighted by atomic mass is 9.89. The summed E-state index contributed by atoms with van der Waals surface area (Å²) in [5.41, 5.74) is 5.70. The lowest BCUT2D eigenvalue weighted by Gasteiger charge is -2.33. The Hall–Kier alpha value is -3.38. The number of nitrogens with zero attached hydrogens (tertiary/aromatic N) is 4. The first-order valence-corrected chi connectivity index (χ1v) is 12.2. The van der Waals surface area contributed by atoms with Crippen molar-refractivity contribution >= 4 is 28.8 Å². The van der Waals surface area contributed by atoms with Crippen LogP contribution in [-0.4, -0.2) is 33.4 Å². The third kappa shape index (κ3) is 4.64. The second kappa shape index (κ2) is 9.85. The van der Waals surface area contributed by atoms with Crippen LogP contribution in [0.1, 0.15) is 53.0 Å². The molecule has 0 saturated carbocycles. The molecule has 6 nitrogen and oxygen atoms in total. The van der Waals surface area contributed by atoms with Gasteiger partial charge in [0.1, 0.15) is 11.3 Å². The first-order chi connectivity index (χ1) is 16.6. The lowest BCUT2D eigenvalue weighted by Crippen LogP contribution is -2.32. The molecule has 1 amide bonds. The van der Waals surface area contributed by atoms with Crippen molar-refractivity contribution in [2.24, 2.45) is 0 Å². The number of aromatic nitrogens is 3. The van der Waals surface area contributed by atoms with Gasteiger partial charge in [-0.2, -0.15) is 0 Å². The Morgan fingerprint density at radius 2 is 1.91 bits per heavy atom. The number of rotatable bonds is 6. The van der Waals surface area contributed by atoms with Crippen LogP contribution in [0.2, 0.25) is 5.02 Å². The smallest absolute Gasteiger partial charge is 0.270 e. The Morgan fingerprint density at radius 3 is 2.62 bits per heavy atom. The average Bonchev–Trinajstić information content (AvgIpc) is 3.26. The van der Waals surface area contributed by atoms with Crippen LogP contribution >= 0.6 is 11.6 Å². The van der Waals surface area contributed by atoms with Crippen molar-refractivity contribution in [2.75, 3.05) is 18.0 Å². The van der Waals surface area contributed by atoms with E-state index in [9.17, 15) is 4.79 Å². The minimum absolute atomic E-state index is 0.140. The molecular weight excluding hydrogens is 446 g/mol. The fraction of sp³-hybridized carbons (Fsp3) is 0.296. The number of halogens is 1. The molecule has 0 radical (unpaired) electrons. The summed E-state index contributed by atoms with van der Waals surface area (Å²) in [5, 5.41) is 3.63. The first kappa shape index (κ1) is 22.4. The molecule has 5 rings (SSSR count). The molecule has 174 valence electrons. The number of nitrogens with one attached hydrogen (secondary N) is 1. The summed E-state index contributed by atoms with van der Waals surface area (Å²) >= 11 is 6.15. The Kier molecular flexibility index (Phi) is 6.50. The summed E-state index contributed by atoms with van der Waals surface area (Å²) in [4.78, 5) is 24.2. The highest BCUT2D eigenvalue weighted by Gasteiger charge is 2.21. The van der Waals surface area contributed by atoms with E-state index in [2.05, 4.69) is 50.5 Å². The van der Waals surface area contributed by atoms with Crippen LogP contribution in [0.25, 0.3) is 5.65 Å². The van der Waals surface area contributed by atoms with Crippen LogP contribution in [0.4, 0.5) is 5.69 Å². The van der Waals surface area contributed by atoms with Gasteiger partial charge in [0.05, 0.1) is 22.6 Å². The number of fused-ring (bicyclic) bond motifs is 1. The SMILES string of the molecule is CCc1nc2ccc(Cl)cn2c1C(=O)NCc1ccc(C2CCN(c3cccnc3)CC2)cc1. The molecule has 1 fully saturated rings. The van der Waals surface area contributed by atoms with Crippen molar-refractivity contribution in [3.05, 3.63) is 94.7 Å². The van der Waals surface area contributed by atoms with Crippen molar-refractivity contribution < 1.29 is 4.79 Å². The molecule has 0 unspecified atom stereocenters. The minimum Gasteiger partial charge on any atom is -0.370 e. The standard InChI is InChI=1S/C27H28ClN5O/c1-2-24-26(33-18-22(28)9-10-25(33)31-24)27(34)30-16-19-5-7-20(8-6-19)21-11-14-32(15-12-21)23-4-3-13-29-17-23/h3-10,13,17-18,21H,2,11-12,14-16H2,1H3,(H,30,34). The highest BCUT2D eigenvalue weighted by atomic mass is 35.5. The van der Waals surface area contributed by atoms with Crippen LogP contribution in [0, 0.1) is 0 Å². The molecule has 0 atom stereocenters. The number of hydrogen-bond donors (Lipinski definition) is 1. The topological polar surface area (TPSA) is 62.5 Å². The molecule has 7 heteroatoms. The number of pyridine rings is 2. The minimum atomic E-state index is -0.140. The largest absolute Gasteiger partial charge is 0.370 e. The molecule has 1 saturated heterocycles. The normalized spacial score (nSPS) is 14.5. The molecule has 0 bridgehead atoms. The van der Waals surface area contributed by atoms with E-state index >= 15 is 0 Å². The second-order valence-electron chi connectivity index (χ2n) is 8.73. The van der Waals surface area contributed by atoms with Crippen molar-refractivity contribution in [2.45, 2.75) is 38.6 Å². The highest BCUT2D eigenvalue weighted by molar-refractivity contribution is 6.30. The summed E-state index contributed by atoms with van der Waals surface area (Å²) in [7, 11) is 0. The zero-order chi connectivity index (χ0) is 23.5. The number of aryl methyl sites for hydroxylation is 1. The van der Waals surface area contributed by atoms with Crippen LogP contribution in [0.5, 0.6) is 0 Å². The zero-order valence-corrected chi connectivity index (χ0v) is 20.0. The van der Waals surface area contributed by atoms with Gasteiger partial charge in [-0.15, -0.1) is 0 Å². The van der Waals surface area contributed by atoms with Crippen LogP contribution < -0.4 is 10.2 Å². The molecule has 34 heavy (non-hydrogen) atoms. The van der Waals surface area contributed by atoms with E-state index in [1.807, 2.05) is 31.5 Å². The van der Waals surface area contributed by atoms with Gasteiger partial charge >= 0.3 is 0 Å². The molecule has 0 aliphatic carbocycles. The number of benzene rings is 1. The van der Waals surface area contributed by atoms with Crippen molar-refractivity contribution in [1.82, 2.24) is 19.7 Å². The van der Waals surface area contributed by atoms with Crippen molar-refractivity contribution in [3.8, 4) is 0 Å². The predicted molar refractivity (Wildman–Crippen MR) is 136 cm³/mol. The van der Waals surface area contributed by atoms with E-state index in [0.717, 1.165) is 42.8 Å². The Morgan fingerprint density at radius 1 is 1.12 bits per heavy atom. The molecule has 1 aliphatic rings. The lowest BCUT2D eigenvalue weighted by molar-refractivity contribution is 0.0944. The summed E-state index contributed by atoms with van der Waals surface area (Å²) in [6.45, 7) is 4.55. The molecule has 4 heterocycles. The Labute approximate surface area is 204 Å². The monoisotopic (exact) mass is 473 g/mol. The molecule has 0 spiro atoms. The van der Waals surface area contributed by atoms with Gasteiger partial charge in [0.25, 0.3) is 5.91 Å². The maximum atomic E-state index is 13.0. The van der Waals surface area contributed by atoms with E-state index in [1.54, 1.807) is 16.7 Å². The van der Waals surface area contributed by atoms with Gasteiger partial charge in [0.15, 0.2) is 0 Å². The van der Waals surface area contributed by atoms with Crippen molar-refractivity contribution in [1.29, 1.82) is 0 Å². The van der Waals surface area contributed by atoms with Gasteiger partial charge in [-0.1, -0.05) is 42.8 Å². The summed E-state index contributed by atoms with van der Waals surface area (Å²) in [6.07, 6.45) is 8.43. The maximum absolute atomic E-state index is 13.0. The average molecular weight is 474 g/mol. The van der Waals surface area contributed by atoms with Crippen molar-refractivity contribution in [3.63, 3.8) is 0 Å². The van der Waals surface area contributed by atoms with Gasteiger partial charge in [-0.05, 0) is 60.6 Å². The number of amides is 1. The van der Waals surface area contributed by atoms with E-state index < -0.39 is 0 Å². The summed E-state index contributed by atoms with van der Waals surface area (Å²) < 4.78 is 1.78. The quantitative estimate of drug-likeness (QED) is 0.415. The number of carbonyl (C=O) groups excluding carboxylic acids is 1. The van der Waals surface area contributed by atoms with Crippen LogP contribution in [0.15, 0.2) is 67.1 Å². The third-order valence-electron chi connectivity index (χ3n) is 6.61. The molecule has 1 aliphatic heterocycles. The third-order valence-corrected chi connectivity index (χ3v) is 6.84. The van der Waals surface area contributed by atoms with Gasteiger partial charge in [-0.25, -0.2) is 4.98 Å². The highest BCUT2D eigenvalue weighted by Crippen LogP contribution is 2.30. The van der Waals surface area contributed by atoms with Gasteiger partial charge in [-0.3, -0.25) is 14.2 Å². The molecule has 3 aromatic heterocycles. The number of hydrogen-bond acceptors (Lipinski definition) is 4.